The van der Waals surface area contributed by atoms with Gasteiger partial charge in [0.1, 0.15) is 0 Å². The minimum absolute atomic E-state index is 0.439. The molecule has 3 heteroatoms. The van der Waals surface area contributed by atoms with Crippen molar-refractivity contribution in [3.05, 3.63) is 103 Å². The molecule has 2 aliphatic heterocycles. The number of pyridine rings is 3. The van der Waals surface area contributed by atoms with Crippen LogP contribution in [-0.4, -0.2) is 0 Å². The maximum Gasteiger partial charge on any atom is 0.591 e. The van der Waals surface area contributed by atoms with Crippen molar-refractivity contribution in [1.82, 2.24) is 0 Å². The van der Waals surface area contributed by atoms with Crippen LogP contribution in [0.15, 0.2) is 91.4 Å². The smallest absolute Gasteiger partial charge is 0.0683 e. The molecular weight excluding hydrogens is 342 g/mol. The molecule has 136 valence electrons. The Balaban J connectivity index is 0.000000829. The van der Waals surface area contributed by atoms with E-state index < -0.39 is 5.79 Å². The quantitative estimate of drug-likeness (QED) is 0.364. The number of fused-ring (bicyclic) bond motifs is 10. The van der Waals surface area contributed by atoms with E-state index in [9.17, 15) is 0 Å². The first kappa shape index (κ1) is 16.8. The summed E-state index contributed by atoms with van der Waals surface area (Å²) in [6.07, 6.45) is 6.61. The maximum absolute atomic E-state index is 2.42. The number of nitrogens with zero attached hydrogens (tertiary/aromatic N) is 3. The molecule has 0 amide bonds. The number of hydrogen-bond donors (Lipinski definition) is 0. The number of aryl methyl sites for hydroxylation is 1. The molecule has 4 aromatic rings. The van der Waals surface area contributed by atoms with Gasteiger partial charge in [-0.05, 0) is 37.3 Å². The molecule has 0 aliphatic carbocycles. The zero-order valence-corrected chi connectivity index (χ0v) is 16.5. The highest BCUT2D eigenvalue weighted by atomic mass is 15.5. The highest BCUT2D eigenvalue weighted by molar-refractivity contribution is 5.65. The summed E-state index contributed by atoms with van der Waals surface area (Å²) < 4.78 is 7.23. The molecule has 0 radical (unpaired) electrons. The predicted molar refractivity (Wildman–Crippen MR) is 108 cm³/mol. The van der Waals surface area contributed by atoms with Crippen LogP contribution in [0.3, 0.4) is 0 Å². The largest absolute Gasteiger partial charge is 0.591 e. The van der Waals surface area contributed by atoms with E-state index in [0.717, 1.165) is 0 Å². The summed E-state index contributed by atoms with van der Waals surface area (Å²) in [5.74, 6) is -0.439. The molecule has 28 heavy (non-hydrogen) atoms. The topological polar surface area (TPSA) is 11.6 Å². The first-order valence-corrected chi connectivity index (χ1v) is 9.98. The van der Waals surface area contributed by atoms with Gasteiger partial charge in [0, 0.05) is 35.9 Å². The van der Waals surface area contributed by atoms with Gasteiger partial charge in [0.2, 0.25) is 5.69 Å². The van der Waals surface area contributed by atoms with Crippen LogP contribution in [0.2, 0.25) is 0 Å². The number of aromatic nitrogens is 3. The van der Waals surface area contributed by atoms with E-state index in [0.29, 0.717) is 0 Å². The van der Waals surface area contributed by atoms with Crippen LogP contribution in [0.4, 0.5) is 0 Å². The summed E-state index contributed by atoms with van der Waals surface area (Å²) in [6, 6.07) is 26.0. The second-order valence-corrected chi connectivity index (χ2v) is 7.00. The molecular formula is C25H24N3+3. The average molecular weight is 366 g/mol. The van der Waals surface area contributed by atoms with Gasteiger partial charge in [-0.3, -0.25) is 0 Å². The molecule has 2 aliphatic rings. The highest BCUT2D eigenvalue weighted by Gasteiger charge is 2.74. The summed E-state index contributed by atoms with van der Waals surface area (Å²) in [5, 5.41) is 0. The fourth-order valence-electron chi connectivity index (χ4n) is 4.78. The van der Waals surface area contributed by atoms with Gasteiger partial charge in [0.25, 0.3) is 11.4 Å². The summed E-state index contributed by atoms with van der Waals surface area (Å²) in [5.41, 5.74) is 7.63. The molecule has 3 nitrogen and oxygen atoms in total. The average Bonchev–Trinajstić information content (AvgIpc) is 3.23. The van der Waals surface area contributed by atoms with Gasteiger partial charge in [-0.25, -0.2) is 0 Å². The fourth-order valence-corrected chi connectivity index (χ4v) is 4.78. The lowest BCUT2D eigenvalue weighted by Gasteiger charge is -2.10. The predicted octanol–water partition coefficient (Wildman–Crippen LogP) is 3.60. The van der Waals surface area contributed by atoms with E-state index >= 15 is 0 Å². The maximum atomic E-state index is 2.42. The zero-order chi connectivity index (χ0) is 19.3. The van der Waals surface area contributed by atoms with Gasteiger partial charge in [-0.2, -0.15) is 0 Å². The van der Waals surface area contributed by atoms with E-state index in [1.165, 1.54) is 33.8 Å². The van der Waals surface area contributed by atoms with Gasteiger partial charge in [0.05, 0.1) is 5.56 Å². The Kier molecular flexibility index (Phi) is 3.66. The van der Waals surface area contributed by atoms with Crippen LogP contribution in [0.5, 0.6) is 0 Å². The first-order chi connectivity index (χ1) is 13.8. The lowest BCUT2D eigenvalue weighted by atomic mass is 10.0. The monoisotopic (exact) mass is 366 g/mol. The molecule has 1 atom stereocenters. The van der Waals surface area contributed by atoms with Crippen molar-refractivity contribution in [2.45, 2.75) is 26.6 Å². The summed E-state index contributed by atoms with van der Waals surface area (Å²) in [4.78, 5) is 0. The van der Waals surface area contributed by atoms with Gasteiger partial charge in [0.15, 0.2) is 24.2 Å². The van der Waals surface area contributed by atoms with Crippen molar-refractivity contribution in [3.63, 3.8) is 0 Å². The third-order valence-corrected chi connectivity index (χ3v) is 5.73. The Bertz CT molecular complexity index is 1160. The first-order valence-electron chi connectivity index (χ1n) is 9.98. The number of hydrogen-bond acceptors (Lipinski definition) is 0. The van der Waals surface area contributed by atoms with Crippen molar-refractivity contribution in [2.75, 3.05) is 0 Å². The molecule has 0 saturated heterocycles. The Morgan fingerprint density at radius 2 is 1.21 bits per heavy atom. The minimum Gasteiger partial charge on any atom is -0.0683 e. The molecule has 1 unspecified atom stereocenters. The van der Waals surface area contributed by atoms with E-state index in [2.05, 4.69) is 112 Å². The third-order valence-electron chi connectivity index (χ3n) is 5.73. The van der Waals surface area contributed by atoms with Gasteiger partial charge < -0.3 is 0 Å². The van der Waals surface area contributed by atoms with E-state index in [4.69, 9.17) is 0 Å². The molecule has 6 rings (SSSR count). The molecule has 5 heterocycles. The van der Waals surface area contributed by atoms with E-state index in [1.54, 1.807) is 0 Å². The molecule has 0 bridgehead atoms. The molecule has 1 spiro atoms. The van der Waals surface area contributed by atoms with Crippen molar-refractivity contribution in [2.24, 2.45) is 0 Å². The lowest BCUT2D eigenvalue weighted by molar-refractivity contribution is -1.13. The highest BCUT2D eigenvalue weighted by Crippen LogP contribution is 2.38. The molecule has 1 aromatic carbocycles. The van der Waals surface area contributed by atoms with Crippen LogP contribution < -0.4 is 13.7 Å². The standard InChI is InChI=1S/C23H18N3.C2H6/c1-17-9-8-16-26-22(17)21-13-5-7-15-25(21)23(26)19-11-3-2-10-18(19)20-12-4-6-14-24(20)23;1-2/h2-16H,1H3;1-2H3/q+3;. The van der Waals surface area contributed by atoms with Gasteiger partial charge >= 0.3 is 5.79 Å². The Labute approximate surface area is 165 Å². The Morgan fingerprint density at radius 1 is 0.607 bits per heavy atom. The van der Waals surface area contributed by atoms with Crippen molar-refractivity contribution < 1.29 is 13.7 Å². The number of benzene rings is 1. The summed E-state index contributed by atoms with van der Waals surface area (Å²) in [6.45, 7) is 6.19. The van der Waals surface area contributed by atoms with E-state index in [1.807, 2.05) is 13.8 Å². The zero-order valence-electron chi connectivity index (χ0n) is 16.5. The van der Waals surface area contributed by atoms with Crippen molar-refractivity contribution >= 4 is 0 Å². The fraction of sp³-hybridized carbons (Fsp3) is 0.160. The van der Waals surface area contributed by atoms with Crippen LogP contribution in [0.1, 0.15) is 25.0 Å². The molecule has 3 aromatic heterocycles. The lowest BCUT2D eigenvalue weighted by Crippen LogP contribution is -2.83. The normalized spacial score (nSPS) is 17.2. The van der Waals surface area contributed by atoms with Crippen LogP contribution >= 0.6 is 0 Å². The molecule has 0 N–H and O–H groups in total. The van der Waals surface area contributed by atoms with Crippen LogP contribution in [0.25, 0.3) is 22.6 Å². The van der Waals surface area contributed by atoms with Crippen molar-refractivity contribution in [1.29, 1.82) is 0 Å². The molecule has 0 saturated carbocycles. The summed E-state index contributed by atoms with van der Waals surface area (Å²) in [7, 11) is 0. The third kappa shape index (κ3) is 1.86. The Morgan fingerprint density at radius 3 is 2.00 bits per heavy atom. The SMILES string of the molecule is CC.Cc1ccc[n+]2c1-c1cccc[n+]1C21c2ccccc2-c2cccc[n+]21. The second-order valence-electron chi connectivity index (χ2n) is 7.00. The Hall–Kier alpha value is -3.33. The number of rotatable bonds is 0. The van der Waals surface area contributed by atoms with Gasteiger partial charge in [-0.15, -0.1) is 0 Å². The van der Waals surface area contributed by atoms with E-state index in [-0.39, 0.29) is 0 Å². The minimum atomic E-state index is -0.439. The summed E-state index contributed by atoms with van der Waals surface area (Å²) >= 11 is 0. The van der Waals surface area contributed by atoms with Crippen LogP contribution in [0, 0.1) is 6.92 Å². The van der Waals surface area contributed by atoms with Crippen LogP contribution in [-0.2, 0) is 5.79 Å². The second kappa shape index (κ2) is 6.10. The molecule has 0 fully saturated rings. The van der Waals surface area contributed by atoms with Gasteiger partial charge in [-0.1, -0.05) is 39.7 Å². The van der Waals surface area contributed by atoms with Crippen molar-refractivity contribution in [3.8, 4) is 22.6 Å².